The third-order valence-electron chi connectivity index (χ3n) is 1.66. The highest BCUT2D eigenvalue weighted by Crippen LogP contribution is 2.08. The molecule has 1 amide bonds. The van der Waals surface area contributed by atoms with E-state index in [4.69, 9.17) is 11.6 Å². The van der Waals surface area contributed by atoms with E-state index in [0.717, 1.165) is 5.69 Å². The maximum Gasteiger partial charge on any atom is 0.239 e. The molecule has 0 aliphatic heterocycles. The number of amides is 1. The van der Waals surface area contributed by atoms with Crippen LogP contribution in [0.25, 0.3) is 0 Å². The molecule has 0 aliphatic rings. The van der Waals surface area contributed by atoms with Gasteiger partial charge in [0, 0.05) is 24.7 Å². The molecule has 0 saturated carbocycles. The van der Waals surface area contributed by atoms with Crippen molar-refractivity contribution in [1.29, 1.82) is 0 Å². The first-order valence-corrected chi connectivity index (χ1v) is 4.46. The van der Waals surface area contributed by atoms with E-state index in [1.54, 1.807) is 6.07 Å². The molecule has 15 heavy (non-hydrogen) atoms. The van der Waals surface area contributed by atoms with Crippen LogP contribution < -0.4 is 22.3 Å². The molecule has 7 heteroatoms. The fourth-order valence-electron chi connectivity index (χ4n) is 1.04. The topological polar surface area (TPSA) is 119 Å². The Hall–Kier alpha value is -1.89. The zero-order valence-corrected chi connectivity index (χ0v) is 8.45. The molecule has 0 aliphatic carbocycles. The van der Waals surface area contributed by atoms with Crippen molar-refractivity contribution in [2.45, 2.75) is 13.3 Å². The fraction of sp³-hybridized carbons (Fsp3) is 0.375. The van der Waals surface area contributed by atoms with Gasteiger partial charge in [0.15, 0.2) is 0 Å². The summed E-state index contributed by atoms with van der Waals surface area (Å²) in [5, 5.41) is 2.94. The summed E-state index contributed by atoms with van der Waals surface area (Å²) in [4.78, 5) is 18.6. The Kier molecular flexibility index (Phi) is 3.81. The highest BCUT2D eigenvalue weighted by Gasteiger charge is 2.00. The molecule has 7 nitrogen and oxygen atoms in total. The standard InChI is InChI=1S/C8H14N6O/c1-5-4-7(11-3-2-6(9)15)13-8(12-5)14-10/h4H,2-3,10H2,1H3,(H2,9,15)(H2,11,12,13,14). The monoisotopic (exact) mass is 210 g/mol. The molecule has 0 saturated heterocycles. The molecule has 1 aromatic rings. The summed E-state index contributed by atoms with van der Waals surface area (Å²) < 4.78 is 0. The van der Waals surface area contributed by atoms with Crippen LogP contribution in [0.4, 0.5) is 11.8 Å². The third kappa shape index (κ3) is 3.77. The van der Waals surface area contributed by atoms with Crippen molar-refractivity contribution < 1.29 is 4.79 Å². The number of anilines is 2. The molecule has 0 fully saturated rings. The van der Waals surface area contributed by atoms with Crippen molar-refractivity contribution in [1.82, 2.24) is 9.97 Å². The van der Waals surface area contributed by atoms with Crippen LogP contribution in [0.5, 0.6) is 0 Å². The molecule has 1 rings (SSSR count). The van der Waals surface area contributed by atoms with E-state index in [9.17, 15) is 4.79 Å². The lowest BCUT2D eigenvalue weighted by atomic mass is 10.4. The summed E-state index contributed by atoms with van der Waals surface area (Å²) in [5.41, 5.74) is 8.13. The number of primary amides is 1. The van der Waals surface area contributed by atoms with Gasteiger partial charge in [0.2, 0.25) is 11.9 Å². The lowest BCUT2D eigenvalue weighted by molar-refractivity contribution is -0.117. The normalized spacial score (nSPS) is 9.73. The number of rotatable bonds is 5. The summed E-state index contributed by atoms with van der Waals surface area (Å²) in [6.45, 7) is 2.26. The Balaban J connectivity index is 2.60. The van der Waals surface area contributed by atoms with E-state index >= 15 is 0 Å². The van der Waals surface area contributed by atoms with Crippen LogP contribution >= 0.6 is 0 Å². The molecule has 1 heterocycles. The maximum absolute atomic E-state index is 10.5. The number of nitrogens with zero attached hydrogens (tertiary/aromatic N) is 2. The Morgan fingerprint density at radius 2 is 2.27 bits per heavy atom. The van der Waals surface area contributed by atoms with E-state index in [0.29, 0.717) is 18.3 Å². The SMILES string of the molecule is Cc1cc(NCCC(N)=O)nc(NN)n1. The Bertz CT molecular complexity index is 353. The molecule has 0 spiro atoms. The van der Waals surface area contributed by atoms with Gasteiger partial charge in [-0.25, -0.2) is 10.8 Å². The van der Waals surface area contributed by atoms with Gasteiger partial charge >= 0.3 is 0 Å². The summed E-state index contributed by atoms with van der Waals surface area (Å²) in [6.07, 6.45) is 0.258. The van der Waals surface area contributed by atoms with Gasteiger partial charge in [-0.15, -0.1) is 0 Å². The van der Waals surface area contributed by atoms with Gasteiger partial charge in [0.25, 0.3) is 0 Å². The number of hydrogen-bond acceptors (Lipinski definition) is 6. The first-order valence-electron chi connectivity index (χ1n) is 4.46. The molecule has 6 N–H and O–H groups in total. The van der Waals surface area contributed by atoms with E-state index in [-0.39, 0.29) is 12.3 Å². The number of aromatic nitrogens is 2. The van der Waals surface area contributed by atoms with Crippen LogP contribution in [-0.4, -0.2) is 22.4 Å². The van der Waals surface area contributed by atoms with Crippen molar-refractivity contribution in [2.75, 3.05) is 17.3 Å². The first kappa shape index (κ1) is 11.2. The number of hydrazine groups is 1. The number of nitrogens with one attached hydrogen (secondary N) is 2. The van der Waals surface area contributed by atoms with Gasteiger partial charge in [-0.05, 0) is 6.92 Å². The van der Waals surface area contributed by atoms with Crippen LogP contribution in [-0.2, 0) is 4.79 Å². The highest BCUT2D eigenvalue weighted by molar-refractivity contribution is 5.74. The number of nitrogen functional groups attached to an aromatic ring is 1. The van der Waals surface area contributed by atoms with Gasteiger partial charge in [-0.2, -0.15) is 4.98 Å². The summed E-state index contributed by atoms with van der Waals surface area (Å²) >= 11 is 0. The maximum atomic E-state index is 10.5. The average Bonchev–Trinajstić information content (AvgIpc) is 2.16. The first-order chi connectivity index (χ1) is 7.11. The zero-order valence-electron chi connectivity index (χ0n) is 8.45. The quantitative estimate of drug-likeness (QED) is 0.379. The minimum absolute atomic E-state index is 0.258. The van der Waals surface area contributed by atoms with Crippen LogP contribution in [0.2, 0.25) is 0 Å². The number of hydrogen-bond donors (Lipinski definition) is 4. The molecule has 0 atom stereocenters. The summed E-state index contributed by atoms with van der Waals surface area (Å²) in [6, 6.07) is 1.75. The zero-order chi connectivity index (χ0) is 11.3. The molecule has 0 bridgehead atoms. The largest absolute Gasteiger partial charge is 0.370 e. The van der Waals surface area contributed by atoms with Gasteiger partial charge in [-0.3, -0.25) is 10.2 Å². The minimum atomic E-state index is -0.356. The second-order valence-electron chi connectivity index (χ2n) is 3.01. The van der Waals surface area contributed by atoms with E-state index in [2.05, 4.69) is 20.7 Å². The second-order valence-corrected chi connectivity index (χ2v) is 3.01. The summed E-state index contributed by atoms with van der Waals surface area (Å²) in [7, 11) is 0. The fourth-order valence-corrected chi connectivity index (χ4v) is 1.04. The van der Waals surface area contributed by atoms with Gasteiger partial charge in [0.1, 0.15) is 5.82 Å². The van der Waals surface area contributed by atoms with Crippen molar-refractivity contribution in [3.63, 3.8) is 0 Å². The molecular formula is C8H14N6O. The molecule has 0 unspecified atom stereocenters. The van der Waals surface area contributed by atoms with Crippen LogP contribution in [0.1, 0.15) is 12.1 Å². The van der Waals surface area contributed by atoms with Gasteiger partial charge in [-0.1, -0.05) is 0 Å². The molecule has 82 valence electrons. The Morgan fingerprint density at radius 3 is 2.87 bits per heavy atom. The van der Waals surface area contributed by atoms with E-state index < -0.39 is 0 Å². The second kappa shape index (κ2) is 5.11. The number of aryl methyl sites for hydroxylation is 1. The lowest BCUT2D eigenvalue weighted by Crippen LogP contribution is -2.17. The van der Waals surface area contributed by atoms with Crippen molar-refractivity contribution in [3.8, 4) is 0 Å². The smallest absolute Gasteiger partial charge is 0.239 e. The van der Waals surface area contributed by atoms with Gasteiger partial charge < -0.3 is 11.1 Å². The highest BCUT2D eigenvalue weighted by atomic mass is 16.1. The van der Waals surface area contributed by atoms with Crippen molar-refractivity contribution in [2.24, 2.45) is 11.6 Å². The average molecular weight is 210 g/mol. The van der Waals surface area contributed by atoms with Gasteiger partial charge in [0.05, 0.1) is 0 Å². The Labute approximate surface area is 87.2 Å². The van der Waals surface area contributed by atoms with Crippen LogP contribution in [0.3, 0.4) is 0 Å². The molecule has 0 aromatic carbocycles. The van der Waals surface area contributed by atoms with E-state index in [1.165, 1.54) is 0 Å². The van der Waals surface area contributed by atoms with E-state index in [1.807, 2.05) is 6.92 Å². The van der Waals surface area contributed by atoms with Crippen LogP contribution in [0, 0.1) is 6.92 Å². The summed E-state index contributed by atoms with van der Waals surface area (Å²) in [5.74, 6) is 5.77. The third-order valence-corrected chi connectivity index (χ3v) is 1.66. The van der Waals surface area contributed by atoms with Crippen molar-refractivity contribution in [3.05, 3.63) is 11.8 Å². The molecule has 0 radical (unpaired) electrons. The Morgan fingerprint density at radius 1 is 1.53 bits per heavy atom. The number of nitrogens with two attached hydrogens (primary N) is 2. The predicted molar refractivity (Wildman–Crippen MR) is 56.9 cm³/mol. The minimum Gasteiger partial charge on any atom is -0.370 e. The van der Waals surface area contributed by atoms with Crippen LogP contribution in [0.15, 0.2) is 6.07 Å². The van der Waals surface area contributed by atoms with Crippen molar-refractivity contribution >= 4 is 17.7 Å². The number of carbonyl (C=O) groups is 1. The predicted octanol–water partition coefficient (Wildman–Crippen LogP) is -0.642. The molecule has 1 aromatic heterocycles. The molecular weight excluding hydrogens is 196 g/mol. The number of carbonyl (C=O) groups excluding carboxylic acids is 1. The lowest BCUT2D eigenvalue weighted by Gasteiger charge is -2.06.